The first-order valence-electron chi connectivity index (χ1n) is 3.13. The molecule has 0 aliphatic carbocycles. The van der Waals surface area contributed by atoms with Crippen molar-refractivity contribution in [2.45, 2.75) is 24.9 Å². The van der Waals surface area contributed by atoms with E-state index in [0.29, 0.717) is 0 Å². The smallest absolute Gasteiger partial charge is 0.0523 e. The number of hydrogen-bond donors (Lipinski definition) is 1. The first-order valence-corrected chi connectivity index (χ1v) is 5.58. The lowest BCUT2D eigenvalue weighted by Gasteiger charge is -1.97. The van der Waals surface area contributed by atoms with Crippen LogP contribution >= 0.6 is 0 Å². The van der Waals surface area contributed by atoms with E-state index in [4.69, 9.17) is 5.73 Å². The zero-order chi connectivity index (χ0) is 5.11. The Bertz CT molecular complexity index is 50.0. The summed E-state index contributed by atoms with van der Waals surface area (Å²) >= 11 is 0. The average molecular weight is 115 g/mol. The van der Waals surface area contributed by atoms with E-state index in [0.717, 1.165) is 6.17 Å². The van der Waals surface area contributed by atoms with Gasteiger partial charge in [0.25, 0.3) is 0 Å². The fraction of sp³-hybridized carbons (Fsp3) is 1.00. The molecular formula is C5H13NSi. The van der Waals surface area contributed by atoms with Crippen molar-refractivity contribution in [1.29, 1.82) is 0 Å². The zero-order valence-electron chi connectivity index (χ0n) is 4.69. The summed E-state index contributed by atoms with van der Waals surface area (Å²) in [5.41, 5.74) is 5.50. The molecule has 0 bridgehead atoms. The van der Waals surface area contributed by atoms with Crippen LogP contribution in [0, 0.1) is 0 Å². The summed E-state index contributed by atoms with van der Waals surface area (Å²) in [7, 11) is -0.282. The Morgan fingerprint density at radius 3 is 2.14 bits per heavy atom. The van der Waals surface area contributed by atoms with Crippen LogP contribution in [0.2, 0.25) is 12.1 Å². The molecule has 0 aromatic heterocycles. The molecule has 1 aliphatic rings. The lowest BCUT2D eigenvalue weighted by molar-refractivity contribution is 0.935. The van der Waals surface area contributed by atoms with E-state index in [1.165, 1.54) is 24.9 Å². The fourth-order valence-corrected chi connectivity index (χ4v) is 3.74. The average Bonchev–Trinajstić information content (AvgIpc) is 2.14. The minimum atomic E-state index is -0.282. The summed E-state index contributed by atoms with van der Waals surface area (Å²) in [6.07, 6.45) is 4.02. The van der Waals surface area contributed by atoms with Gasteiger partial charge in [-0.1, -0.05) is 24.9 Å². The Hall–Kier alpha value is 0.177. The molecule has 0 radical (unpaired) electrons. The van der Waals surface area contributed by atoms with Crippen LogP contribution in [-0.2, 0) is 0 Å². The third kappa shape index (κ3) is 1.28. The van der Waals surface area contributed by atoms with E-state index in [9.17, 15) is 0 Å². The van der Waals surface area contributed by atoms with Crippen LogP contribution in [0.5, 0.6) is 0 Å². The monoisotopic (exact) mass is 115 g/mol. The van der Waals surface area contributed by atoms with Crippen LogP contribution in [0.15, 0.2) is 0 Å². The van der Waals surface area contributed by atoms with Crippen molar-refractivity contribution in [3.8, 4) is 0 Å². The summed E-state index contributed by atoms with van der Waals surface area (Å²) in [6, 6.07) is 3.05. The number of hydrogen-bond acceptors (Lipinski definition) is 1. The molecule has 0 saturated carbocycles. The molecule has 1 nitrogen and oxygen atoms in total. The van der Waals surface area contributed by atoms with Crippen LogP contribution in [-0.4, -0.2) is 15.0 Å². The number of rotatable bonds is 1. The summed E-state index contributed by atoms with van der Waals surface area (Å²) in [5.74, 6) is 0. The highest BCUT2D eigenvalue weighted by Crippen LogP contribution is 2.17. The van der Waals surface area contributed by atoms with Gasteiger partial charge in [-0.25, -0.2) is 0 Å². The summed E-state index contributed by atoms with van der Waals surface area (Å²) in [4.78, 5) is 0. The molecule has 0 unspecified atom stereocenters. The molecule has 0 amide bonds. The van der Waals surface area contributed by atoms with Crippen molar-refractivity contribution >= 4 is 8.80 Å². The number of nitrogens with two attached hydrogens (primary N) is 1. The van der Waals surface area contributed by atoms with Crippen molar-refractivity contribution in [2.75, 3.05) is 6.17 Å². The predicted octanol–water partition coefficient (Wildman–Crippen LogP) is 0.505. The molecule has 2 heteroatoms. The maximum absolute atomic E-state index is 5.50. The lowest BCUT2D eigenvalue weighted by atomic mass is 10.4. The first-order chi connectivity index (χ1) is 3.43. The van der Waals surface area contributed by atoms with Crippen LogP contribution in [0.3, 0.4) is 0 Å². The highest BCUT2D eigenvalue weighted by molar-refractivity contribution is 6.59. The third-order valence-electron chi connectivity index (χ3n) is 1.81. The van der Waals surface area contributed by atoms with E-state index < -0.39 is 0 Å². The minimum Gasteiger partial charge on any atom is -0.333 e. The molecule has 7 heavy (non-hydrogen) atoms. The molecule has 1 rings (SSSR count). The van der Waals surface area contributed by atoms with Gasteiger partial charge in [-0.2, -0.15) is 0 Å². The maximum Gasteiger partial charge on any atom is 0.0523 e. The van der Waals surface area contributed by atoms with E-state index in [-0.39, 0.29) is 8.80 Å². The Labute approximate surface area is 46.5 Å². The van der Waals surface area contributed by atoms with E-state index in [1.807, 2.05) is 0 Å². The molecule has 1 fully saturated rings. The van der Waals surface area contributed by atoms with Crippen LogP contribution in [0.1, 0.15) is 12.8 Å². The van der Waals surface area contributed by atoms with Crippen molar-refractivity contribution in [3.63, 3.8) is 0 Å². The molecule has 1 heterocycles. The Balaban J connectivity index is 2.14. The fourth-order valence-electron chi connectivity index (χ4n) is 1.25. The van der Waals surface area contributed by atoms with Gasteiger partial charge < -0.3 is 5.73 Å². The molecule has 2 N–H and O–H groups in total. The zero-order valence-corrected chi connectivity index (χ0v) is 5.84. The first kappa shape index (κ1) is 5.32. The van der Waals surface area contributed by atoms with Gasteiger partial charge in [0.15, 0.2) is 0 Å². The summed E-state index contributed by atoms with van der Waals surface area (Å²) in [6.45, 7) is 0. The molecule has 1 aliphatic heterocycles. The molecular weight excluding hydrogens is 102 g/mol. The Kier molecular flexibility index (Phi) is 1.88. The van der Waals surface area contributed by atoms with Gasteiger partial charge in [0.1, 0.15) is 0 Å². The molecule has 0 atom stereocenters. The highest BCUT2D eigenvalue weighted by Gasteiger charge is 2.13. The van der Waals surface area contributed by atoms with E-state index in [1.54, 1.807) is 0 Å². The van der Waals surface area contributed by atoms with Gasteiger partial charge in [0.05, 0.1) is 8.80 Å². The second kappa shape index (κ2) is 2.48. The molecule has 0 aromatic rings. The summed E-state index contributed by atoms with van der Waals surface area (Å²) in [5, 5.41) is 0. The van der Waals surface area contributed by atoms with Crippen LogP contribution < -0.4 is 5.73 Å². The standard InChI is InChI=1S/C5H13NSi/c6-5-7-3-1-2-4-7/h7H,1-6H2. The second-order valence-corrected chi connectivity index (χ2v) is 5.74. The van der Waals surface area contributed by atoms with Crippen molar-refractivity contribution in [2.24, 2.45) is 5.73 Å². The van der Waals surface area contributed by atoms with E-state index in [2.05, 4.69) is 0 Å². The van der Waals surface area contributed by atoms with Crippen molar-refractivity contribution < 1.29 is 0 Å². The lowest BCUT2D eigenvalue weighted by Crippen LogP contribution is -2.20. The van der Waals surface area contributed by atoms with Gasteiger partial charge in [0.2, 0.25) is 0 Å². The quantitative estimate of drug-likeness (QED) is 0.495. The van der Waals surface area contributed by atoms with Gasteiger partial charge in [-0.3, -0.25) is 0 Å². The molecule has 42 valence electrons. The molecule has 0 aromatic carbocycles. The van der Waals surface area contributed by atoms with Gasteiger partial charge in [-0.15, -0.1) is 0 Å². The van der Waals surface area contributed by atoms with Crippen LogP contribution in [0.4, 0.5) is 0 Å². The van der Waals surface area contributed by atoms with Gasteiger partial charge in [-0.05, 0) is 6.17 Å². The second-order valence-electron chi connectivity index (χ2n) is 2.39. The topological polar surface area (TPSA) is 26.0 Å². The molecule has 0 spiro atoms. The highest BCUT2D eigenvalue weighted by atomic mass is 28.3. The summed E-state index contributed by atoms with van der Waals surface area (Å²) < 4.78 is 0. The third-order valence-corrected chi connectivity index (χ3v) is 4.92. The van der Waals surface area contributed by atoms with E-state index >= 15 is 0 Å². The minimum absolute atomic E-state index is 0.282. The molecule has 1 saturated heterocycles. The van der Waals surface area contributed by atoms with Gasteiger partial charge in [0, 0.05) is 0 Å². The predicted molar refractivity (Wildman–Crippen MR) is 35.1 cm³/mol. The largest absolute Gasteiger partial charge is 0.333 e. The Morgan fingerprint density at radius 1 is 1.29 bits per heavy atom. The SMILES string of the molecule is NC[SiH]1CCCC1. The van der Waals surface area contributed by atoms with Crippen molar-refractivity contribution in [1.82, 2.24) is 0 Å². The van der Waals surface area contributed by atoms with Gasteiger partial charge >= 0.3 is 0 Å². The maximum atomic E-state index is 5.50. The van der Waals surface area contributed by atoms with Crippen molar-refractivity contribution in [3.05, 3.63) is 0 Å². The normalized spacial score (nSPS) is 23.6. The Morgan fingerprint density at radius 2 is 1.86 bits per heavy atom. The van der Waals surface area contributed by atoms with Crippen LogP contribution in [0.25, 0.3) is 0 Å².